The molecule has 0 saturated carbocycles. The van der Waals surface area contributed by atoms with Crippen molar-refractivity contribution in [1.29, 1.82) is 0 Å². The van der Waals surface area contributed by atoms with Crippen LogP contribution in [0.4, 0.5) is 10.1 Å². The maximum Gasteiger partial charge on any atom is 0.304 e. The number of rotatable bonds is 2. The minimum absolute atomic E-state index is 0.137. The molecule has 100 valence electrons. The van der Waals surface area contributed by atoms with E-state index in [-0.39, 0.29) is 11.5 Å². The molecule has 0 aliphatic carbocycles. The van der Waals surface area contributed by atoms with E-state index in [0.717, 1.165) is 24.1 Å². The van der Waals surface area contributed by atoms with Crippen LogP contribution in [0.5, 0.6) is 0 Å². The number of benzene rings is 1. The highest BCUT2D eigenvalue weighted by Crippen LogP contribution is 2.20. The fraction of sp³-hybridized carbons (Fsp3) is 0.308. The Morgan fingerprint density at radius 2 is 2.21 bits per heavy atom. The molecule has 0 atom stereocenters. The second kappa shape index (κ2) is 5.17. The smallest absolute Gasteiger partial charge is 0.304 e. The minimum Gasteiger partial charge on any atom is -0.334 e. The van der Waals surface area contributed by atoms with E-state index in [1.165, 1.54) is 6.07 Å². The van der Waals surface area contributed by atoms with Crippen LogP contribution in [0, 0.1) is 15.9 Å². The molecule has 0 fully saturated rings. The van der Waals surface area contributed by atoms with Crippen LogP contribution in [0.3, 0.4) is 0 Å². The molecule has 6 heteroatoms. The highest BCUT2D eigenvalue weighted by atomic mass is 19.1. The Morgan fingerprint density at radius 3 is 2.79 bits per heavy atom. The summed E-state index contributed by atoms with van der Waals surface area (Å²) in [7, 11) is 0. The number of carbonyl (C=O) groups is 1. The zero-order valence-corrected chi connectivity index (χ0v) is 10.4. The first-order chi connectivity index (χ1) is 8.99. The first kappa shape index (κ1) is 13.2. The molecule has 0 radical (unpaired) electrons. The monoisotopic (exact) mass is 264 g/mol. The average molecular weight is 264 g/mol. The standard InChI is InChI=1S/C13H13FN2O3/c1-9-3-2-6-15(8-9)13(17)10-4-5-12(16(18)19)11(14)7-10/h3-5,7H,2,6,8H2,1H3. The molecule has 1 aliphatic heterocycles. The Labute approximate surface area is 109 Å². The molecule has 0 unspecified atom stereocenters. The van der Waals surface area contributed by atoms with Gasteiger partial charge in [0.15, 0.2) is 0 Å². The molecule has 1 amide bonds. The summed E-state index contributed by atoms with van der Waals surface area (Å²) < 4.78 is 13.5. The summed E-state index contributed by atoms with van der Waals surface area (Å²) in [4.78, 5) is 23.5. The summed E-state index contributed by atoms with van der Waals surface area (Å²) in [6.07, 6.45) is 2.83. The van der Waals surface area contributed by atoms with Crippen molar-refractivity contribution in [3.8, 4) is 0 Å². The molecule has 0 N–H and O–H groups in total. The first-order valence-corrected chi connectivity index (χ1v) is 5.88. The van der Waals surface area contributed by atoms with Crippen molar-refractivity contribution >= 4 is 11.6 Å². The van der Waals surface area contributed by atoms with Crippen molar-refractivity contribution < 1.29 is 14.1 Å². The third-order valence-electron chi connectivity index (χ3n) is 3.01. The number of nitro benzene ring substituents is 1. The van der Waals surface area contributed by atoms with E-state index in [0.29, 0.717) is 13.1 Å². The summed E-state index contributed by atoms with van der Waals surface area (Å²) >= 11 is 0. The third kappa shape index (κ3) is 2.78. The Kier molecular flexibility index (Phi) is 3.59. The van der Waals surface area contributed by atoms with Crippen LogP contribution < -0.4 is 0 Å². The maximum absolute atomic E-state index is 13.5. The van der Waals surface area contributed by atoms with Crippen LogP contribution in [-0.4, -0.2) is 28.8 Å². The van der Waals surface area contributed by atoms with Gasteiger partial charge in [0.05, 0.1) is 4.92 Å². The first-order valence-electron chi connectivity index (χ1n) is 5.88. The van der Waals surface area contributed by atoms with E-state index in [4.69, 9.17) is 0 Å². The molecule has 0 saturated heterocycles. The van der Waals surface area contributed by atoms with Gasteiger partial charge in [-0.3, -0.25) is 14.9 Å². The fourth-order valence-electron chi connectivity index (χ4n) is 2.06. The molecule has 0 spiro atoms. The molecular weight excluding hydrogens is 251 g/mol. The number of halogens is 1. The molecule has 1 aromatic carbocycles. The number of nitrogens with zero attached hydrogens (tertiary/aromatic N) is 2. The summed E-state index contributed by atoms with van der Waals surface area (Å²) in [5, 5.41) is 10.5. The molecule has 1 aliphatic rings. The Bertz CT molecular complexity index is 569. The van der Waals surface area contributed by atoms with Gasteiger partial charge in [-0.25, -0.2) is 0 Å². The van der Waals surface area contributed by atoms with Crippen LogP contribution in [0.2, 0.25) is 0 Å². The van der Waals surface area contributed by atoms with Gasteiger partial charge in [-0.2, -0.15) is 4.39 Å². The second-order valence-corrected chi connectivity index (χ2v) is 4.49. The molecule has 0 bridgehead atoms. The van der Waals surface area contributed by atoms with Gasteiger partial charge in [0.2, 0.25) is 5.82 Å². The lowest BCUT2D eigenvalue weighted by Gasteiger charge is -2.26. The molecule has 1 heterocycles. The average Bonchev–Trinajstić information content (AvgIpc) is 2.37. The Hall–Kier alpha value is -2.24. The largest absolute Gasteiger partial charge is 0.334 e. The van der Waals surface area contributed by atoms with Gasteiger partial charge in [-0.15, -0.1) is 0 Å². The molecule has 2 rings (SSSR count). The van der Waals surface area contributed by atoms with Gasteiger partial charge < -0.3 is 4.90 Å². The molecule has 0 aromatic heterocycles. The Morgan fingerprint density at radius 1 is 1.47 bits per heavy atom. The molecule has 19 heavy (non-hydrogen) atoms. The van der Waals surface area contributed by atoms with Gasteiger partial charge in [-0.1, -0.05) is 11.6 Å². The van der Waals surface area contributed by atoms with E-state index < -0.39 is 16.4 Å². The van der Waals surface area contributed by atoms with Crippen molar-refractivity contribution in [2.24, 2.45) is 0 Å². The Balaban J connectivity index is 2.23. The number of amides is 1. The van der Waals surface area contributed by atoms with Crippen LogP contribution in [0.25, 0.3) is 0 Å². The van der Waals surface area contributed by atoms with Crippen molar-refractivity contribution in [3.63, 3.8) is 0 Å². The van der Waals surface area contributed by atoms with Gasteiger partial charge >= 0.3 is 5.69 Å². The van der Waals surface area contributed by atoms with Crippen LogP contribution in [0.15, 0.2) is 29.8 Å². The van der Waals surface area contributed by atoms with Crippen LogP contribution in [-0.2, 0) is 0 Å². The summed E-state index contributed by atoms with van der Waals surface area (Å²) in [6, 6.07) is 3.24. The maximum atomic E-state index is 13.5. The number of carbonyl (C=O) groups excluding carboxylic acids is 1. The van der Waals surface area contributed by atoms with E-state index in [9.17, 15) is 19.3 Å². The van der Waals surface area contributed by atoms with Crippen molar-refractivity contribution in [2.75, 3.05) is 13.1 Å². The van der Waals surface area contributed by atoms with Gasteiger partial charge in [-0.05, 0) is 25.5 Å². The molecular formula is C13H13FN2O3. The van der Waals surface area contributed by atoms with E-state index >= 15 is 0 Å². The van der Waals surface area contributed by atoms with E-state index in [1.807, 2.05) is 6.92 Å². The van der Waals surface area contributed by atoms with Gasteiger partial charge in [0.25, 0.3) is 5.91 Å². The predicted octanol–water partition coefficient (Wildman–Crippen LogP) is 2.53. The van der Waals surface area contributed by atoms with Crippen molar-refractivity contribution in [3.05, 3.63) is 51.3 Å². The SMILES string of the molecule is CC1=CCCN(C(=O)c2ccc([N+](=O)[O-])c(F)c2)C1. The van der Waals surface area contributed by atoms with Crippen molar-refractivity contribution in [2.45, 2.75) is 13.3 Å². The minimum atomic E-state index is -0.986. The quantitative estimate of drug-likeness (QED) is 0.468. The predicted molar refractivity (Wildman–Crippen MR) is 67.3 cm³/mol. The zero-order valence-electron chi connectivity index (χ0n) is 10.4. The lowest BCUT2D eigenvalue weighted by Crippen LogP contribution is -2.35. The highest BCUT2D eigenvalue weighted by Gasteiger charge is 2.21. The normalized spacial score (nSPS) is 15.1. The number of hydrogen-bond donors (Lipinski definition) is 0. The van der Waals surface area contributed by atoms with Gasteiger partial charge in [0.1, 0.15) is 0 Å². The summed E-state index contributed by atoms with van der Waals surface area (Å²) in [6.45, 7) is 3.02. The lowest BCUT2D eigenvalue weighted by atomic mass is 10.1. The zero-order chi connectivity index (χ0) is 14.0. The summed E-state index contributed by atoms with van der Waals surface area (Å²) in [5.41, 5.74) is 0.603. The van der Waals surface area contributed by atoms with E-state index in [1.54, 1.807) is 4.90 Å². The summed E-state index contributed by atoms with van der Waals surface area (Å²) in [5.74, 6) is -1.29. The van der Waals surface area contributed by atoms with Crippen molar-refractivity contribution in [1.82, 2.24) is 4.90 Å². The van der Waals surface area contributed by atoms with Crippen LogP contribution >= 0.6 is 0 Å². The molecule has 5 nitrogen and oxygen atoms in total. The van der Waals surface area contributed by atoms with Gasteiger partial charge in [0, 0.05) is 24.7 Å². The highest BCUT2D eigenvalue weighted by molar-refractivity contribution is 5.94. The second-order valence-electron chi connectivity index (χ2n) is 4.49. The molecule has 1 aromatic rings. The number of nitro groups is 1. The van der Waals surface area contributed by atoms with Crippen LogP contribution in [0.1, 0.15) is 23.7 Å². The van der Waals surface area contributed by atoms with E-state index in [2.05, 4.69) is 6.08 Å². The lowest BCUT2D eigenvalue weighted by molar-refractivity contribution is -0.387. The topological polar surface area (TPSA) is 63.5 Å². The number of hydrogen-bond acceptors (Lipinski definition) is 3. The fourth-order valence-corrected chi connectivity index (χ4v) is 2.06. The third-order valence-corrected chi connectivity index (χ3v) is 3.01.